The quantitative estimate of drug-likeness (QED) is 0.452. The van der Waals surface area contributed by atoms with Crippen molar-refractivity contribution >= 4 is 5.97 Å². The van der Waals surface area contributed by atoms with Gasteiger partial charge in [-0.15, -0.1) is 0 Å². The van der Waals surface area contributed by atoms with Gasteiger partial charge in [0.1, 0.15) is 29.8 Å². The van der Waals surface area contributed by atoms with E-state index in [0.717, 1.165) is 12.8 Å². The third-order valence-electron chi connectivity index (χ3n) is 7.38. The smallest absolute Gasteiger partial charge is 0.316 e. The minimum Gasteiger partial charge on any atom is -0.462 e. The van der Waals surface area contributed by atoms with Gasteiger partial charge >= 0.3 is 5.97 Å². The molecule has 6 nitrogen and oxygen atoms in total. The molecule has 8 atom stereocenters. The van der Waals surface area contributed by atoms with Gasteiger partial charge in [0.15, 0.2) is 0 Å². The zero-order valence-electron chi connectivity index (χ0n) is 18.8. The summed E-state index contributed by atoms with van der Waals surface area (Å²) in [7, 11) is 0. The molecule has 0 spiro atoms. The van der Waals surface area contributed by atoms with Crippen molar-refractivity contribution in [2.75, 3.05) is 13.2 Å². The second kappa shape index (κ2) is 9.18. The topological polar surface area (TPSA) is 85.2 Å². The Morgan fingerprint density at radius 1 is 1.16 bits per heavy atom. The molecule has 2 fully saturated rings. The van der Waals surface area contributed by atoms with E-state index in [1.165, 1.54) is 5.57 Å². The van der Waals surface area contributed by atoms with E-state index in [1.807, 2.05) is 0 Å². The molecule has 3 heterocycles. The molecule has 6 heteroatoms. The molecule has 0 saturated carbocycles. The van der Waals surface area contributed by atoms with Gasteiger partial charge in [0.2, 0.25) is 0 Å². The molecular formula is C25H36O6. The highest BCUT2D eigenvalue weighted by Crippen LogP contribution is 2.47. The number of carbonyl (C=O) groups is 1. The molecule has 0 aromatic carbocycles. The summed E-state index contributed by atoms with van der Waals surface area (Å²) in [6.07, 6.45) is 9.92. The molecule has 2 N–H and O–H groups in total. The summed E-state index contributed by atoms with van der Waals surface area (Å²) in [5.74, 6) is -1.20. The third-order valence-corrected chi connectivity index (χ3v) is 7.38. The summed E-state index contributed by atoms with van der Waals surface area (Å²) >= 11 is 0. The van der Waals surface area contributed by atoms with E-state index in [2.05, 4.69) is 32.1 Å². The van der Waals surface area contributed by atoms with Crippen LogP contribution in [-0.4, -0.2) is 59.4 Å². The second-order valence-electron chi connectivity index (χ2n) is 9.88. The van der Waals surface area contributed by atoms with E-state index in [4.69, 9.17) is 14.2 Å². The Morgan fingerprint density at radius 3 is 2.77 bits per heavy atom. The van der Waals surface area contributed by atoms with Gasteiger partial charge in [-0.3, -0.25) is 4.79 Å². The maximum absolute atomic E-state index is 13.3. The van der Waals surface area contributed by atoms with Gasteiger partial charge in [-0.05, 0) is 44.6 Å². The fourth-order valence-corrected chi connectivity index (χ4v) is 5.56. The van der Waals surface area contributed by atoms with Gasteiger partial charge in [-0.25, -0.2) is 0 Å². The fraction of sp³-hybridized carbons (Fsp3) is 0.720. The lowest BCUT2D eigenvalue weighted by molar-refractivity contribution is -0.179. The highest BCUT2D eigenvalue weighted by Gasteiger charge is 2.61. The van der Waals surface area contributed by atoms with Crippen LogP contribution in [0.5, 0.6) is 0 Å². The van der Waals surface area contributed by atoms with Crippen molar-refractivity contribution in [3.05, 3.63) is 35.5 Å². The van der Waals surface area contributed by atoms with Crippen LogP contribution < -0.4 is 0 Å². The third kappa shape index (κ3) is 4.54. The number of carbonyl (C=O) groups excluding carboxylic acids is 1. The van der Waals surface area contributed by atoms with Crippen molar-refractivity contribution in [2.24, 2.45) is 17.8 Å². The number of esters is 1. The first-order chi connectivity index (χ1) is 14.8. The maximum Gasteiger partial charge on any atom is 0.316 e. The van der Waals surface area contributed by atoms with E-state index in [0.29, 0.717) is 44.0 Å². The van der Waals surface area contributed by atoms with E-state index < -0.39 is 29.7 Å². The molecule has 0 aromatic heterocycles. The average Bonchev–Trinajstić information content (AvgIpc) is 3.06. The summed E-state index contributed by atoms with van der Waals surface area (Å²) in [6, 6.07) is 0. The number of rotatable bonds is 0. The van der Waals surface area contributed by atoms with Crippen LogP contribution in [0.4, 0.5) is 0 Å². The largest absolute Gasteiger partial charge is 0.462 e. The molecular weight excluding hydrogens is 396 g/mol. The van der Waals surface area contributed by atoms with Crippen LogP contribution in [-0.2, 0) is 19.0 Å². The zero-order chi connectivity index (χ0) is 22.2. The summed E-state index contributed by atoms with van der Waals surface area (Å²) in [6.45, 7) is 6.97. The molecule has 31 heavy (non-hydrogen) atoms. The van der Waals surface area contributed by atoms with Crippen LogP contribution in [0, 0.1) is 17.8 Å². The summed E-state index contributed by atoms with van der Waals surface area (Å²) in [5, 5.41) is 22.5. The van der Waals surface area contributed by atoms with Crippen molar-refractivity contribution in [2.45, 2.75) is 82.9 Å². The van der Waals surface area contributed by atoms with E-state index in [1.54, 1.807) is 13.0 Å². The van der Waals surface area contributed by atoms with Gasteiger partial charge in [0.25, 0.3) is 0 Å². The molecule has 2 unspecified atom stereocenters. The van der Waals surface area contributed by atoms with E-state index in [-0.39, 0.29) is 18.1 Å². The molecule has 172 valence electrons. The number of aliphatic hydroxyl groups excluding tert-OH is 1. The average molecular weight is 433 g/mol. The van der Waals surface area contributed by atoms with Gasteiger partial charge in [0.05, 0.1) is 19.3 Å². The van der Waals surface area contributed by atoms with Gasteiger partial charge in [-0.1, -0.05) is 36.8 Å². The van der Waals surface area contributed by atoms with Crippen molar-refractivity contribution in [3.63, 3.8) is 0 Å². The summed E-state index contributed by atoms with van der Waals surface area (Å²) < 4.78 is 17.7. The molecule has 4 aliphatic rings. The van der Waals surface area contributed by atoms with Crippen molar-refractivity contribution in [1.82, 2.24) is 0 Å². The van der Waals surface area contributed by atoms with Gasteiger partial charge < -0.3 is 24.4 Å². The van der Waals surface area contributed by atoms with Crippen LogP contribution in [0.3, 0.4) is 0 Å². The number of ether oxygens (including phenoxy) is 3. The Morgan fingerprint density at radius 2 is 1.97 bits per heavy atom. The first kappa shape index (κ1) is 22.7. The van der Waals surface area contributed by atoms with Crippen molar-refractivity contribution < 1.29 is 29.2 Å². The Balaban J connectivity index is 1.66. The molecule has 0 amide bonds. The molecule has 1 aliphatic carbocycles. The Bertz CT molecular complexity index is 770. The molecule has 2 bridgehead atoms. The molecule has 0 radical (unpaired) electrons. The highest BCUT2D eigenvalue weighted by atomic mass is 16.6. The fourth-order valence-electron chi connectivity index (χ4n) is 5.56. The van der Waals surface area contributed by atoms with Crippen LogP contribution in [0.1, 0.15) is 52.9 Å². The molecule has 0 aromatic rings. The second-order valence-corrected chi connectivity index (χ2v) is 9.88. The minimum absolute atomic E-state index is 0.0316. The number of allylic oxidation sites excluding steroid dienone is 3. The van der Waals surface area contributed by atoms with Crippen LogP contribution in [0.2, 0.25) is 0 Å². The monoisotopic (exact) mass is 432 g/mol. The zero-order valence-corrected chi connectivity index (χ0v) is 18.8. The highest BCUT2D eigenvalue weighted by molar-refractivity contribution is 5.77. The molecule has 2 saturated heterocycles. The molecule has 4 rings (SSSR count). The normalized spacial score (nSPS) is 46.9. The number of aliphatic hydroxyl groups is 2. The predicted molar refractivity (Wildman–Crippen MR) is 116 cm³/mol. The lowest BCUT2D eigenvalue weighted by Gasteiger charge is -2.43. The van der Waals surface area contributed by atoms with Gasteiger partial charge in [0, 0.05) is 18.8 Å². The lowest BCUT2D eigenvalue weighted by Crippen LogP contribution is -2.59. The number of hydrogen-bond donors (Lipinski definition) is 2. The molecule has 3 aliphatic heterocycles. The first-order valence-corrected chi connectivity index (χ1v) is 11.6. The minimum atomic E-state index is -1.49. The predicted octanol–water partition coefficient (Wildman–Crippen LogP) is 3.08. The van der Waals surface area contributed by atoms with Crippen LogP contribution in [0.15, 0.2) is 35.5 Å². The van der Waals surface area contributed by atoms with Gasteiger partial charge in [-0.2, -0.15) is 0 Å². The van der Waals surface area contributed by atoms with Crippen LogP contribution in [0.25, 0.3) is 0 Å². The van der Waals surface area contributed by atoms with E-state index >= 15 is 0 Å². The summed E-state index contributed by atoms with van der Waals surface area (Å²) in [5.41, 5.74) is 0.480. The summed E-state index contributed by atoms with van der Waals surface area (Å²) in [4.78, 5) is 13.3. The Hall–Kier alpha value is -1.47. The maximum atomic E-state index is 13.3. The first-order valence-electron chi connectivity index (χ1n) is 11.6. The standard InChI is InChI=1S/C25H36O6/c1-15-5-4-6-18-14-30-23-22(26)17(3)12-21(25(18,23)28)24(27)31-20-9-10-29-19(13-20)8-7-16(2)11-15/h4-5,7,12,15,18-23,26,28H,6,8-11,13-14H2,1-3H3/b5-4+,16-7+/t15-,18?,19+,20+,21-,22+,23+,25?/m0/s1. The SMILES string of the molecule is CC1=C[C@H]2C(=O)O[C@@H]3CCO[C@H](C/C=C(\C)C[C@@H](C)/C=C/CC4CO[C@H]([C@@H]1O)C42O)C3. The Labute approximate surface area is 184 Å². The number of fused-ring (bicyclic) bond motifs is 2. The van der Waals surface area contributed by atoms with E-state index in [9.17, 15) is 15.0 Å². The lowest BCUT2D eigenvalue weighted by atomic mass is 9.67. The van der Waals surface area contributed by atoms with Crippen molar-refractivity contribution in [3.8, 4) is 0 Å². The van der Waals surface area contributed by atoms with Crippen LogP contribution >= 0.6 is 0 Å². The number of hydrogen-bond acceptors (Lipinski definition) is 6. The Kier molecular flexibility index (Phi) is 6.73. The van der Waals surface area contributed by atoms with Crippen molar-refractivity contribution in [1.29, 1.82) is 0 Å².